The van der Waals surface area contributed by atoms with Gasteiger partial charge in [0.15, 0.2) is 0 Å². The molecule has 146 valence electrons. The van der Waals surface area contributed by atoms with Gasteiger partial charge in [0.25, 0.3) is 0 Å². The topological polar surface area (TPSA) is 25.2 Å². The molecule has 3 aromatic rings. The summed E-state index contributed by atoms with van der Waals surface area (Å²) in [5.74, 6) is 0.683. The first kappa shape index (κ1) is 20.3. The third kappa shape index (κ3) is 6.03. The van der Waals surface area contributed by atoms with Crippen LogP contribution in [0.1, 0.15) is 31.0 Å². The summed E-state index contributed by atoms with van der Waals surface area (Å²) in [6.45, 7) is 4.46. The van der Waals surface area contributed by atoms with Gasteiger partial charge in [-0.1, -0.05) is 61.9 Å². The number of rotatable bonds is 10. The largest absolute Gasteiger partial charge is 0.345 e. The number of thioether (sulfide) groups is 1. The van der Waals surface area contributed by atoms with Crippen molar-refractivity contribution in [2.24, 2.45) is 0 Å². The van der Waals surface area contributed by atoms with Gasteiger partial charge in [-0.25, -0.2) is 0 Å². The normalized spacial score (nSPS) is 10.8. The zero-order valence-electron chi connectivity index (χ0n) is 16.5. The van der Waals surface area contributed by atoms with Crippen LogP contribution in [0.2, 0.25) is 0 Å². The minimum Gasteiger partial charge on any atom is -0.345 e. The van der Waals surface area contributed by atoms with Gasteiger partial charge in [-0.05, 0) is 36.2 Å². The highest BCUT2D eigenvalue weighted by Gasteiger charge is 2.16. The summed E-state index contributed by atoms with van der Waals surface area (Å²) < 4.78 is 2.24. The van der Waals surface area contributed by atoms with E-state index < -0.39 is 0 Å². The molecule has 0 N–H and O–H groups in total. The van der Waals surface area contributed by atoms with Crippen molar-refractivity contribution in [3.05, 3.63) is 90.3 Å². The maximum Gasteiger partial charge on any atom is 0.233 e. The number of hydrogen-bond acceptors (Lipinski definition) is 2. The molecule has 0 spiro atoms. The molecule has 0 saturated heterocycles. The van der Waals surface area contributed by atoms with Crippen molar-refractivity contribution >= 4 is 17.7 Å². The fraction of sp³-hybridized carbons (Fsp3) is 0.292. The Hall–Kier alpha value is -2.46. The number of nitrogens with zero attached hydrogens (tertiary/aromatic N) is 2. The Bertz CT molecular complexity index is 845. The Morgan fingerprint density at radius 3 is 2.39 bits per heavy atom. The van der Waals surface area contributed by atoms with Crippen molar-refractivity contribution < 1.29 is 4.79 Å². The van der Waals surface area contributed by atoms with Crippen LogP contribution in [0.5, 0.6) is 0 Å². The van der Waals surface area contributed by atoms with Gasteiger partial charge < -0.3 is 9.47 Å². The zero-order valence-corrected chi connectivity index (χ0v) is 17.3. The third-order valence-corrected chi connectivity index (χ3v) is 5.71. The van der Waals surface area contributed by atoms with Crippen LogP contribution in [0.4, 0.5) is 0 Å². The molecule has 28 heavy (non-hydrogen) atoms. The van der Waals surface area contributed by atoms with Gasteiger partial charge in [-0.15, -0.1) is 11.8 Å². The summed E-state index contributed by atoms with van der Waals surface area (Å²) in [7, 11) is 0. The molecular formula is C24H28N2OS. The van der Waals surface area contributed by atoms with E-state index in [0.29, 0.717) is 12.3 Å². The standard InChI is InChI=1S/C24H28N2OS/c1-2-3-16-26(24(27)20-28-23-14-8-5-9-15-23)19-22-13-10-17-25(22)18-21-11-6-4-7-12-21/h4-15,17H,2-3,16,18-20H2,1H3. The Labute approximate surface area is 172 Å². The van der Waals surface area contributed by atoms with Gasteiger partial charge in [-0.2, -0.15) is 0 Å². The van der Waals surface area contributed by atoms with Crippen LogP contribution < -0.4 is 0 Å². The number of aromatic nitrogens is 1. The lowest BCUT2D eigenvalue weighted by Gasteiger charge is -2.23. The quantitative estimate of drug-likeness (QED) is 0.428. The summed E-state index contributed by atoms with van der Waals surface area (Å²) in [6, 6.07) is 24.8. The summed E-state index contributed by atoms with van der Waals surface area (Å²) >= 11 is 1.61. The van der Waals surface area contributed by atoms with E-state index in [2.05, 4.69) is 66.2 Å². The Morgan fingerprint density at radius 2 is 1.68 bits per heavy atom. The highest BCUT2D eigenvalue weighted by molar-refractivity contribution is 8.00. The summed E-state index contributed by atoms with van der Waals surface area (Å²) in [4.78, 5) is 16.1. The number of carbonyl (C=O) groups is 1. The molecule has 1 heterocycles. The first-order chi connectivity index (χ1) is 13.8. The molecule has 0 aliphatic heterocycles. The molecule has 0 saturated carbocycles. The van der Waals surface area contributed by atoms with E-state index in [1.807, 2.05) is 29.2 Å². The van der Waals surface area contributed by atoms with Crippen LogP contribution in [0.3, 0.4) is 0 Å². The first-order valence-electron chi connectivity index (χ1n) is 9.90. The van der Waals surface area contributed by atoms with Gasteiger partial charge in [-0.3, -0.25) is 4.79 Å². The van der Waals surface area contributed by atoms with Crippen LogP contribution in [-0.4, -0.2) is 27.7 Å². The number of carbonyl (C=O) groups excluding carboxylic acids is 1. The Kier molecular flexibility index (Phi) is 7.80. The summed E-state index contributed by atoms with van der Waals surface area (Å²) in [5.41, 5.74) is 2.45. The average molecular weight is 393 g/mol. The van der Waals surface area contributed by atoms with Gasteiger partial charge in [0.05, 0.1) is 12.3 Å². The van der Waals surface area contributed by atoms with Crippen LogP contribution in [0.15, 0.2) is 83.9 Å². The third-order valence-electron chi connectivity index (χ3n) is 4.71. The summed E-state index contributed by atoms with van der Waals surface area (Å²) in [5, 5.41) is 0. The molecule has 0 atom stereocenters. The van der Waals surface area contributed by atoms with Gasteiger partial charge in [0.1, 0.15) is 0 Å². The molecule has 3 nitrogen and oxygen atoms in total. The molecule has 2 aromatic carbocycles. The lowest BCUT2D eigenvalue weighted by molar-refractivity contribution is -0.129. The Balaban J connectivity index is 1.65. The van der Waals surface area contributed by atoms with Crippen LogP contribution in [0.25, 0.3) is 0 Å². The maximum absolute atomic E-state index is 12.9. The molecule has 0 aliphatic carbocycles. The molecule has 0 unspecified atom stereocenters. The smallest absolute Gasteiger partial charge is 0.233 e. The molecule has 0 fully saturated rings. The van der Waals surface area contributed by atoms with E-state index in [-0.39, 0.29) is 5.91 Å². The second kappa shape index (κ2) is 10.8. The van der Waals surface area contributed by atoms with E-state index >= 15 is 0 Å². The number of hydrogen-bond donors (Lipinski definition) is 0. The fourth-order valence-corrected chi connectivity index (χ4v) is 3.94. The molecule has 4 heteroatoms. The first-order valence-corrected chi connectivity index (χ1v) is 10.9. The van der Waals surface area contributed by atoms with Gasteiger partial charge in [0, 0.05) is 29.9 Å². The van der Waals surface area contributed by atoms with Crippen molar-refractivity contribution in [3.63, 3.8) is 0 Å². The Morgan fingerprint density at radius 1 is 0.964 bits per heavy atom. The second-order valence-corrected chi connectivity index (χ2v) is 7.93. The number of unbranched alkanes of at least 4 members (excludes halogenated alkanes) is 1. The van der Waals surface area contributed by atoms with Gasteiger partial charge in [0.2, 0.25) is 5.91 Å². The number of benzene rings is 2. The average Bonchev–Trinajstić information content (AvgIpc) is 3.17. The minimum atomic E-state index is 0.203. The number of amides is 1. The summed E-state index contributed by atoms with van der Waals surface area (Å²) in [6.07, 6.45) is 4.21. The molecule has 1 aromatic heterocycles. The molecule has 0 aliphatic rings. The van der Waals surface area contributed by atoms with Crippen molar-refractivity contribution in [2.45, 2.75) is 37.8 Å². The van der Waals surface area contributed by atoms with E-state index in [9.17, 15) is 4.79 Å². The van der Waals surface area contributed by atoms with Crippen molar-refractivity contribution in [2.75, 3.05) is 12.3 Å². The van der Waals surface area contributed by atoms with Crippen molar-refractivity contribution in [1.29, 1.82) is 0 Å². The lowest BCUT2D eigenvalue weighted by Crippen LogP contribution is -2.33. The monoisotopic (exact) mass is 392 g/mol. The van der Waals surface area contributed by atoms with Crippen LogP contribution in [0, 0.1) is 0 Å². The molecule has 1 amide bonds. The van der Waals surface area contributed by atoms with E-state index in [0.717, 1.165) is 30.8 Å². The predicted octanol–water partition coefficient (Wildman–Crippen LogP) is 5.46. The predicted molar refractivity (Wildman–Crippen MR) is 117 cm³/mol. The van der Waals surface area contributed by atoms with Crippen LogP contribution in [-0.2, 0) is 17.9 Å². The molecule has 3 rings (SSSR count). The zero-order chi connectivity index (χ0) is 19.6. The van der Waals surface area contributed by atoms with E-state index in [1.54, 1.807) is 11.8 Å². The van der Waals surface area contributed by atoms with Crippen molar-refractivity contribution in [3.8, 4) is 0 Å². The van der Waals surface area contributed by atoms with Crippen molar-refractivity contribution in [1.82, 2.24) is 9.47 Å². The lowest BCUT2D eigenvalue weighted by atomic mass is 10.2. The van der Waals surface area contributed by atoms with E-state index in [4.69, 9.17) is 0 Å². The van der Waals surface area contributed by atoms with Gasteiger partial charge >= 0.3 is 0 Å². The minimum absolute atomic E-state index is 0.203. The molecular weight excluding hydrogens is 364 g/mol. The fourth-order valence-electron chi connectivity index (χ4n) is 3.12. The van der Waals surface area contributed by atoms with E-state index in [1.165, 1.54) is 11.3 Å². The SMILES string of the molecule is CCCCN(Cc1cccn1Cc1ccccc1)C(=O)CSc1ccccc1. The highest BCUT2D eigenvalue weighted by atomic mass is 32.2. The van der Waals surface area contributed by atoms with Crippen LogP contribution >= 0.6 is 11.8 Å². The second-order valence-electron chi connectivity index (χ2n) is 6.88. The molecule has 0 bridgehead atoms. The molecule has 0 radical (unpaired) electrons. The highest BCUT2D eigenvalue weighted by Crippen LogP contribution is 2.19. The maximum atomic E-state index is 12.9.